The van der Waals surface area contributed by atoms with Crippen molar-refractivity contribution >= 4 is 10.0 Å². The van der Waals surface area contributed by atoms with Gasteiger partial charge in [0.15, 0.2) is 0 Å². The van der Waals surface area contributed by atoms with Gasteiger partial charge in [0, 0.05) is 31.5 Å². The lowest BCUT2D eigenvalue weighted by Crippen LogP contribution is -2.36. The van der Waals surface area contributed by atoms with Gasteiger partial charge in [-0.2, -0.15) is 0 Å². The predicted molar refractivity (Wildman–Crippen MR) is 82.0 cm³/mol. The van der Waals surface area contributed by atoms with Gasteiger partial charge in [-0.05, 0) is 25.5 Å². The second kappa shape index (κ2) is 7.24. The summed E-state index contributed by atoms with van der Waals surface area (Å²) in [6.45, 7) is 9.57. The Morgan fingerprint density at radius 2 is 1.95 bits per heavy atom. The van der Waals surface area contributed by atoms with Gasteiger partial charge in [-0.3, -0.25) is 0 Å². The maximum Gasteiger partial charge on any atom is 0.242 e. The molecule has 0 amide bonds. The molecule has 2 atom stereocenters. The van der Waals surface area contributed by atoms with Gasteiger partial charge in [0.05, 0.1) is 4.90 Å². The molecule has 0 saturated carbocycles. The van der Waals surface area contributed by atoms with Gasteiger partial charge in [0.25, 0.3) is 0 Å². The molecule has 1 aromatic rings. The van der Waals surface area contributed by atoms with Crippen molar-refractivity contribution in [3.8, 4) is 0 Å². The highest BCUT2D eigenvalue weighted by molar-refractivity contribution is 7.89. The van der Waals surface area contributed by atoms with Crippen LogP contribution >= 0.6 is 0 Å². The Balaban J connectivity index is 2.87. The number of nitrogens with zero attached hydrogens (tertiary/aromatic N) is 1. The van der Waals surface area contributed by atoms with E-state index in [9.17, 15) is 8.42 Å². The van der Waals surface area contributed by atoms with Crippen LogP contribution in [0, 0.1) is 5.92 Å². The largest absolute Gasteiger partial charge is 0.352 e. The summed E-state index contributed by atoms with van der Waals surface area (Å²) in [6.07, 6.45) is 2.61. The third-order valence-corrected chi connectivity index (χ3v) is 5.31. The van der Waals surface area contributed by atoms with E-state index in [1.165, 1.54) is 0 Å². The highest BCUT2D eigenvalue weighted by Crippen LogP contribution is 2.16. The van der Waals surface area contributed by atoms with E-state index >= 15 is 0 Å². The van der Waals surface area contributed by atoms with Crippen molar-refractivity contribution in [3.63, 3.8) is 0 Å². The smallest absolute Gasteiger partial charge is 0.242 e. The number of aryl methyl sites for hydroxylation is 1. The van der Waals surface area contributed by atoms with Crippen LogP contribution in [0.2, 0.25) is 0 Å². The van der Waals surface area contributed by atoms with Crippen LogP contribution in [0.1, 0.15) is 39.8 Å². The van der Waals surface area contributed by atoms with Crippen LogP contribution in [0.4, 0.5) is 0 Å². The second-order valence-corrected chi connectivity index (χ2v) is 7.07. The number of aromatic nitrogens is 1. The monoisotopic (exact) mass is 301 g/mol. The highest BCUT2D eigenvalue weighted by Gasteiger charge is 2.22. The molecule has 0 aliphatic rings. The molecule has 2 N–H and O–H groups in total. The number of sulfonamides is 1. The lowest BCUT2D eigenvalue weighted by atomic mass is 10.0. The van der Waals surface area contributed by atoms with Gasteiger partial charge in [-0.15, -0.1) is 0 Å². The molecule has 0 fully saturated rings. The number of hydrogen-bond acceptors (Lipinski definition) is 3. The third kappa shape index (κ3) is 4.33. The van der Waals surface area contributed by atoms with Gasteiger partial charge < -0.3 is 9.88 Å². The molecule has 1 heterocycles. The zero-order chi connectivity index (χ0) is 15.3. The zero-order valence-corrected chi connectivity index (χ0v) is 13.9. The molecule has 116 valence electrons. The SMILES string of the molecule is CCNCc1cc(S(=O)(=O)NC(C)C(C)CC)cn1C. The average Bonchev–Trinajstić information content (AvgIpc) is 2.77. The lowest BCUT2D eigenvalue weighted by molar-refractivity contribution is 0.434. The summed E-state index contributed by atoms with van der Waals surface area (Å²) in [4.78, 5) is 0.336. The minimum Gasteiger partial charge on any atom is -0.352 e. The average molecular weight is 301 g/mol. The Labute approximate surface area is 122 Å². The fourth-order valence-electron chi connectivity index (χ4n) is 1.94. The quantitative estimate of drug-likeness (QED) is 0.770. The van der Waals surface area contributed by atoms with Crippen LogP contribution in [0.5, 0.6) is 0 Å². The summed E-state index contributed by atoms with van der Waals surface area (Å²) < 4.78 is 29.3. The fraction of sp³-hybridized carbons (Fsp3) is 0.714. The number of hydrogen-bond donors (Lipinski definition) is 2. The first kappa shape index (κ1) is 17.2. The maximum absolute atomic E-state index is 12.4. The van der Waals surface area contributed by atoms with Crippen LogP contribution in [-0.4, -0.2) is 25.6 Å². The van der Waals surface area contributed by atoms with Crippen LogP contribution in [0.15, 0.2) is 17.2 Å². The molecule has 20 heavy (non-hydrogen) atoms. The van der Waals surface area contributed by atoms with E-state index in [-0.39, 0.29) is 6.04 Å². The lowest BCUT2D eigenvalue weighted by Gasteiger charge is -2.19. The van der Waals surface area contributed by atoms with Crippen molar-refractivity contribution in [2.45, 2.75) is 51.6 Å². The Morgan fingerprint density at radius 1 is 1.30 bits per heavy atom. The molecular weight excluding hydrogens is 274 g/mol. The van der Waals surface area contributed by atoms with Crippen molar-refractivity contribution in [3.05, 3.63) is 18.0 Å². The Bertz CT molecular complexity index is 523. The maximum atomic E-state index is 12.4. The molecule has 0 spiro atoms. The minimum atomic E-state index is -3.44. The first-order valence-electron chi connectivity index (χ1n) is 7.20. The zero-order valence-electron chi connectivity index (χ0n) is 13.1. The molecule has 0 aromatic carbocycles. The standard InChI is InChI=1S/C14H27N3O2S/c1-6-11(3)12(4)16-20(18,19)14-8-13(9-15-7-2)17(5)10-14/h8,10-12,15-16H,6-7,9H2,1-5H3. The molecule has 1 aromatic heterocycles. The number of nitrogens with one attached hydrogen (secondary N) is 2. The Hall–Kier alpha value is -0.850. The fourth-order valence-corrected chi connectivity index (χ4v) is 3.38. The van der Waals surface area contributed by atoms with Crippen molar-refractivity contribution in [1.29, 1.82) is 0 Å². The molecule has 0 aliphatic carbocycles. The van der Waals surface area contributed by atoms with Gasteiger partial charge in [0.2, 0.25) is 10.0 Å². The van der Waals surface area contributed by atoms with Crippen LogP contribution in [-0.2, 0) is 23.6 Å². The molecule has 0 saturated heterocycles. The molecule has 0 bridgehead atoms. The van der Waals surface area contributed by atoms with E-state index < -0.39 is 10.0 Å². The number of rotatable bonds is 8. The summed E-state index contributed by atoms with van der Waals surface area (Å²) in [5, 5.41) is 3.20. The van der Waals surface area contributed by atoms with E-state index in [1.807, 2.05) is 25.5 Å². The summed E-state index contributed by atoms with van der Waals surface area (Å²) in [5.74, 6) is 0.315. The van der Waals surface area contributed by atoms with E-state index in [4.69, 9.17) is 0 Å². The minimum absolute atomic E-state index is 0.0672. The van der Waals surface area contributed by atoms with Crippen LogP contribution < -0.4 is 10.0 Å². The Morgan fingerprint density at radius 3 is 2.50 bits per heavy atom. The van der Waals surface area contributed by atoms with Crippen molar-refractivity contribution in [1.82, 2.24) is 14.6 Å². The van der Waals surface area contributed by atoms with E-state index in [2.05, 4.69) is 23.9 Å². The molecular formula is C14H27N3O2S. The molecule has 1 rings (SSSR count). The van der Waals surface area contributed by atoms with Crippen LogP contribution in [0.3, 0.4) is 0 Å². The van der Waals surface area contributed by atoms with Gasteiger partial charge in [-0.25, -0.2) is 13.1 Å². The van der Waals surface area contributed by atoms with Crippen molar-refractivity contribution < 1.29 is 8.42 Å². The van der Waals surface area contributed by atoms with E-state index in [0.717, 1.165) is 18.7 Å². The van der Waals surface area contributed by atoms with Crippen molar-refractivity contribution in [2.24, 2.45) is 13.0 Å². The summed E-state index contributed by atoms with van der Waals surface area (Å²) in [7, 11) is -1.58. The first-order chi connectivity index (χ1) is 9.31. The third-order valence-electron chi connectivity index (χ3n) is 3.79. The summed E-state index contributed by atoms with van der Waals surface area (Å²) >= 11 is 0. The van der Waals surface area contributed by atoms with Gasteiger partial charge >= 0.3 is 0 Å². The molecule has 2 unspecified atom stereocenters. The molecule has 0 radical (unpaired) electrons. The molecule has 6 heteroatoms. The van der Waals surface area contributed by atoms with Gasteiger partial charge in [-0.1, -0.05) is 27.2 Å². The molecule has 0 aliphatic heterocycles. The highest BCUT2D eigenvalue weighted by atomic mass is 32.2. The second-order valence-electron chi connectivity index (χ2n) is 5.35. The molecule has 5 nitrogen and oxygen atoms in total. The van der Waals surface area contributed by atoms with Crippen LogP contribution in [0.25, 0.3) is 0 Å². The topological polar surface area (TPSA) is 63.1 Å². The summed E-state index contributed by atoms with van der Waals surface area (Å²) in [6, 6.07) is 1.66. The predicted octanol–water partition coefficient (Wildman–Crippen LogP) is 1.85. The van der Waals surface area contributed by atoms with E-state index in [1.54, 1.807) is 12.3 Å². The van der Waals surface area contributed by atoms with E-state index in [0.29, 0.717) is 17.4 Å². The van der Waals surface area contributed by atoms with Crippen molar-refractivity contribution in [2.75, 3.05) is 6.54 Å². The van der Waals surface area contributed by atoms with Gasteiger partial charge in [0.1, 0.15) is 0 Å². The summed E-state index contributed by atoms with van der Waals surface area (Å²) in [5.41, 5.74) is 0.961. The first-order valence-corrected chi connectivity index (χ1v) is 8.68. The normalized spacial score (nSPS) is 15.2. The Kier molecular flexibility index (Phi) is 6.23.